The molecular weight excluding hydrogens is 253 g/mol. The summed E-state index contributed by atoms with van der Waals surface area (Å²) in [6, 6.07) is 1.28. The molecule has 0 aromatic carbocycles. The summed E-state index contributed by atoms with van der Waals surface area (Å²) < 4.78 is 13.5. The van der Waals surface area contributed by atoms with Crippen LogP contribution in [0.25, 0.3) is 0 Å². The molecule has 0 atom stereocenters. The minimum atomic E-state index is -0.383. The monoisotopic (exact) mass is 271 g/mol. The summed E-state index contributed by atoms with van der Waals surface area (Å²) in [5, 5.41) is 3.37. The van der Waals surface area contributed by atoms with E-state index in [-0.39, 0.29) is 5.82 Å². The van der Waals surface area contributed by atoms with Gasteiger partial charge in [-0.1, -0.05) is 11.6 Å². The normalized spacial score (nSPS) is 17.9. The third kappa shape index (κ3) is 3.82. The first-order chi connectivity index (χ1) is 8.65. The lowest BCUT2D eigenvalue weighted by atomic mass is 9.94. The van der Waals surface area contributed by atoms with Gasteiger partial charge < -0.3 is 10.2 Å². The van der Waals surface area contributed by atoms with Gasteiger partial charge in [-0.2, -0.15) is 0 Å². The molecule has 5 heteroatoms. The molecule has 3 nitrogen and oxygen atoms in total. The number of nitrogens with zero attached hydrogens (tertiary/aromatic N) is 2. The average molecular weight is 272 g/mol. The minimum absolute atomic E-state index is 0.298. The Morgan fingerprint density at radius 1 is 1.50 bits per heavy atom. The summed E-state index contributed by atoms with van der Waals surface area (Å²) in [6.45, 7) is 3.09. The fraction of sp³-hybridized carbons (Fsp3) is 0.615. The number of piperidine rings is 1. The Bertz CT molecular complexity index is 392. The first kappa shape index (κ1) is 13.6. The van der Waals surface area contributed by atoms with Crippen LogP contribution in [0.1, 0.15) is 19.3 Å². The van der Waals surface area contributed by atoms with Gasteiger partial charge in [0.05, 0.1) is 5.02 Å². The third-order valence-electron chi connectivity index (χ3n) is 3.49. The van der Waals surface area contributed by atoms with Crippen LogP contribution < -0.4 is 5.32 Å². The van der Waals surface area contributed by atoms with Crippen LogP contribution >= 0.6 is 11.6 Å². The number of hydrogen-bond acceptors (Lipinski definition) is 3. The van der Waals surface area contributed by atoms with Gasteiger partial charge in [0, 0.05) is 12.7 Å². The fourth-order valence-electron chi connectivity index (χ4n) is 2.29. The standard InChI is InChI=1S/C13H19ClFN3/c1-18-6-3-10(4-7-18)2-5-16-13-12(15)8-11(14)9-17-13/h8-10H,2-7H2,1H3,(H,16,17). The number of hydrogen-bond donors (Lipinski definition) is 1. The van der Waals surface area contributed by atoms with Crippen LogP contribution in [0.3, 0.4) is 0 Å². The van der Waals surface area contributed by atoms with Crippen LogP contribution in [0.15, 0.2) is 12.3 Å². The third-order valence-corrected chi connectivity index (χ3v) is 3.70. The van der Waals surface area contributed by atoms with Crippen molar-refractivity contribution in [3.8, 4) is 0 Å². The minimum Gasteiger partial charge on any atom is -0.368 e. The Hall–Kier alpha value is -0.870. The molecule has 1 aromatic rings. The molecule has 1 saturated heterocycles. The maximum atomic E-state index is 13.5. The van der Waals surface area contributed by atoms with Crippen LogP contribution in [0.5, 0.6) is 0 Å². The maximum Gasteiger partial charge on any atom is 0.166 e. The van der Waals surface area contributed by atoms with Gasteiger partial charge in [-0.3, -0.25) is 0 Å². The van der Waals surface area contributed by atoms with Gasteiger partial charge in [-0.25, -0.2) is 9.37 Å². The number of aromatic nitrogens is 1. The van der Waals surface area contributed by atoms with Crippen LogP contribution in [0.2, 0.25) is 5.02 Å². The number of pyridine rings is 1. The maximum absolute atomic E-state index is 13.5. The van der Waals surface area contributed by atoms with Crippen molar-refractivity contribution in [2.45, 2.75) is 19.3 Å². The molecule has 2 heterocycles. The van der Waals surface area contributed by atoms with E-state index in [0.29, 0.717) is 10.8 Å². The summed E-state index contributed by atoms with van der Waals surface area (Å²) in [4.78, 5) is 6.30. The first-order valence-electron chi connectivity index (χ1n) is 6.38. The molecule has 0 spiro atoms. The Morgan fingerprint density at radius 2 is 2.22 bits per heavy atom. The van der Waals surface area contributed by atoms with Gasteiger partial charge >= 0.3 is 0 Å². The van der Waals surface area contributed by atoms with Gasteiger partial charge in [0.25, 0.3) is 0 Å². The quantitative estimate of drug-likeness (QED) is 0.912. The van der Waals surface area contributed by atoms with Gasteiger partial charge in [-0.15, -0.1) is 0 Å². The average Bonchev–Trinajstić information content (AvgIpc) is 2.34. The van der Waals surface area contributed by atoms with Crippen LogP contribution in [0, 0.1) is 11.7 Å². The lowest BCUT2D eigenvalue weighted by Crippen LogP contribution is -2.30. The molecule has 0 unspecified atom stereocenters. The molecule has 100 valence electrons. The van der Waals surface area contributed by atoms with E-state index < -0.39 is 0 Å². The van der Waals surface area contributed by atoms with Crippen molar-refractivity contribution >= 4 is 17.4 Å². The molecule has 0 radical (unpaired) electrons. The highest BCUT2D eigenvalue weighted by Gasteiger charge is 2.16. The highest BCUT2D eigenvalue weighted by molar-refractivity contribution is 6.30. The molecule has 0 bridgehead atoms. The number of anilines is 1. The van der Waals surface area contributed by atoms with E-state index in [1.807, 2.05) is 0 Å². The van der Waals surface area contributed by atoms with E-state index in [1.165, 1.54) is 25.1 Å². The first-order valence-corrected chi connectivity index (χ1v) is 6.76. The second kappa shape index (κ2) is 6.34. The predicted molar refractivity (Wildman–Crippen MR) is 72.5 cm³/mol. The molecule has 1 aliphatic heterocycles. The lowest BCUT2D eigenvalue weighted by Gasteiger charge is -2.28. The molecular formula is C13H19ClFN3. The molecule has 1 N–H and O–H groups in total. The van der Waals surface area contributed by atoms with E-state index in [1.54, 1.807) is 0 Å². The molecule has 1 aliphatic rings. The summed E-state index contributed by atoms with van der Waals surface area (Å²) >= 11 is 5.65. The van der Waals surface area contributed by atoms with E-state index >= 15 is 0 Å². The molecule has 0 saturated carbocycles. The zero-order valence-electron chi connectivity index (χ0n) is 10.6. The number of nitrogens with one attached hydrogen (secondary N) is 1. The van der Waals surface area contributed by atoms with Crippen LogP contribution in [0.4, 0.5) is 10.2 Å². The second-order valence-electron chi connectivity index (χ2n) is 4.95. The Morgan fingerprint density at radius 3 is 2.89 bits per heavy atom. The highest BCUT2D eigenvalue weighted by Crippen LogP contribution is 2.20. The van der Waals surface area contributed by atoms with E-state index in [2.05, 4.69) is 22.2 Å². The van der Waals surface area contributed by atoms with Crippen molar-refractivity contribution in [2.24, 2.45) is 5.92 Å². The zero-order valence-corrected chi connectivity index (χ0v) is 11.4. The van der Waals surface area contributed by atoms with Crippen molar-refractivity contribution in [3.05, 3.63) is 23.1 Å². The smallest absolute Gasteiger partial charge is 0.166 e. The topological polar surface area (TPSA) is 28.2 Å². The van der Waals surface area contributed by atoms with Crippen LogP contribution in [-0.2, 0) is 0 Å². The van der Waals surface area contributed by atoms with E-state index in [0.717, 1.165) is 32.0 Å². The van der Waals surface area contributed by atoms with Crippen LogP contribution in [-0.4, -0.2) is 36.6 Å². The van der Waals surface area contributed by atoms with Crippen molar-refractivity contribution < 1.29 is 4.39 Å². The molecule has 18 heavy (non-hydrogen) atoms. The Labute approximate surface area is 112 Å². The second-order valence-corrected chi connectivity index (χ2v) is 5.38. The van der Waals surface area contributed by atoms with Gasteiger partial charge in [0.1, 0.15) is 0 Å². The summed E-state index contributed by atoms with van der Waals surface area (Å²) in [7, 11) is 2.15. The van der Waals surface area contributed by atoms with Crippen molar-refractivity contribution in [3.63, 3.8) is 0 Å². The highest BCUT2D eigenvalue weighted by atomic mass is 35.5. The Balaban J connectivity index is 1.75. The largest absolute Gasteiger partial charge is 0.368 e. The van der Waals surface area contributed by atoms with Crippen molar-refractivity contribution in [1.29, 1.82) is 0 Å². The summed E-state index contributed by atoms with van der Waals surface area (Å²) in [5.74, 6) is 0.655. The van der Waals surface area contributed by atoms with Gasteiger partial charge in [0.15, 0.2) is 11.6 Å². The molecule has 2 rings (SSSR count). The zero-order chi connectivity index (χ0) is 13.0. The van der Waals surface area contributed by atoms with Gasteiger partial charge in [-0.05, 0) is 51.4 Å². The van der Waals surface area contributed by atoms with Crippen molar-refractivity contribution in [1.82, 2.24) is 9.88 Å². The molecule has 1 aromatic heterocycles. The fourth-order valence-corrected chi connectivity index (χ4v) is 2.43. The van der Waals surface area contributed by atoms with Gasteiger partial charge in [0.2, 0.25) is 0 Å². The Kier molecular flexibility index (Phi) is 4.78. The summed E-state index contributed by atoms with van der Waals surface area (Å²) in [5.41, 5.74) is 0. The number of halogens is 2. The van der Waals surface area contributed by atoms with E-state index in [4.69, 9.17) is 11.6 Å². The SMILES string of the molecule is CN1CCC(CCNc2ncc(Cl)cc2F)CC1. The lowest BCUT2D eigenvalue weighted by molar-refractivity contribution is 0.215. The molecule has 0 amide bonds. The summed E-state index contributed by atoms with van der Waals surface area (Å²) in [6.07, 6.45) is 4.99. The molecule has 1 fully saturated rings. The number of rotatable bonds is 4. The molecule has 0 aliphatic carbocycles. The van der Waals surface area contributed by atoms with Crippen molar-refractivity contribution in [2.75, 3.05) is 32.0 Å². The number of likely N-dealkylation sites (tertiary alicyclic amines) is 1. The van der Waals surface area contributed by atoms with E-state index in [9.17, 15) is 4.39 Å². The predicted octanol–water partition coefficient (Wildman–Crippen LogP) is 3.02.